The van der Waals surface area contributed by atoms with Crippen LogP contribution in [0.5, 0.6) is 0 Å². The van der Waals surface area contributed by atoms with Crippen molar-refractivity contribution in [2.45, 2.75) is 32.6 Å². The molecular weight excluding hydrogens is 407 g/mol. The van der Waals surface area contributed by atoms with Crippen LogP contribution in [0.2, 0.25) is 0 Å². The first-order valence-corrected chi connectivity index (χ1v) is 10.6. The highest BCUT2D eigenvalue weighted by Crippen LogP contribution is 2.20. The van der Waals surface area contributed by atoms with Crippen LogP contribution in [0.25, 0.3) is 10.8 Å². The van der Waals surface area contributed by atoms with E-state index in [0.29, 0.717) is 28.3 Å². The van der Waals surface area contributed by atoms with Crippen molar-refractivity contribution in [3.8, 4) is 11.8 Å². The van der Waals surface area contributed by atoms with Crippen LogP contribution in [0.1, 0.15) is 41.3 Å². The predicted molar refractivity (Wildman–Crippen MR) is 122 cm³/mol. The standard InChI is InChI=1S/C28H22F3N/c1-2-3-21-8-13-25(32-18-21)12-7-20-5-10-22(26(29)15-20)9-4-19-6-11-23-16-27(30)28(31)17-24(23)14-19/h5-6,8,10-11,13-18H,2-3,7,12H2,1H3. The highest BCUT2D eigenvalue weighted by molar-refractivity contribution is 5.84. The number of halogens is 3. The molecule has 0 N–H and O–H groups in total. The van der Waals surface area contributed by atoms with Crippen molar-refractivity contribution in [3.05, 3.63) is 112 Å². The summed E-state index contributed by atoms with van der Waals surface area (Å²) in [5.41, 5.74) is 4.00. The lowest BCUT2D eigenvalue weighted by Gasteiger charge is -2.04. The molecule has 32 heavy (non-hydrogen) atoms. The molecule has 1 aromatic heterocycles. The van der Waals surface area contributed by atoms with Gasteiger partial charge in [-0.05, 0) is 83.6 Å². The first kappa shape index (κ1) is 21.6. The van der Waals surface area contributed by atoms with Crippen molar-refractivity contribution in [1.82, 2.24) is 4.98 Å². The average molecular weight is 429 g/mol. The van der Waals surface area contributed by atoms with E-state index in [1.165, 1.54) is 11.6 Å². The van der Waals surface area contributed by atoms with E-state index in [-0.39, 0.29) is 5.82 Å². The first-order chi connectivity index (χ1) is 15.5. The summed E-state index contributed by atoms with van der Waals surface area (Å²) >= 11 is 0. The van der Waals surface area contributed by atoms with Gasteiger partial charge in [-0.1, -0.05) is 43.4 Å². The second kappa shape index (κ2) is 9.70. The molecule has 0 fully saturated rings. The highest BCUT2D eigenvalue weighted by Gasteiger charge is 2.05. The predicted octanol–water partition coefficient (Wildman–Crippen LogP) is 6.79. The van der Waals surface area contributed by atoms with Crippen molar-refractivity contribution in [3.63, 3.8) is 0 Å². The molecule has 0 aliphatic heterocycles. The van der Waals surface area contributed by atoms with Crippen molar-refractivity contribution in [1.29, 1.82) is 0 Å². The van der Waals surface area contributed by atoms with Gasteiger partial charge < -0.3 is 0 Å². The maximum absolute atomic E-state index is 14.6. The topological polar surface area (TPSA) is 12.9 Å². The Balaban J connectivity index is 1.45. The molecule has 4 heteroatoms. The number of hydrogen-bond donors (Lipinski definition) is 0. The average Bonchev–Trinajstić information content (AvgIpc) is 2.79. The Labute approximate surface area is 185 Å². The van der Waals surface area contributed by atoms with Crippen LogP contribution in [0.15, 0.2) is 66.9 Å². The van der Waals surface area contributed by atoms with Crippen LogP contribution in [0.4, 0.5) is 13.2 Å². The molecule has 0 amide bonds. The number of pyridine rings is 1. The van der Waals surface area contributed by atoms with Crippen molar-refractivity contribution < 1.29 is 13.2 Å². The van der Waals surface area contributed by atoms with Gasteiger partial charge in [-0.25, -0.2) is 13.2 Å². The third-order valence-corrected chi connectivity index (χ3v) is 5.35. The van der Waals surface area contributed by atoms with E-state index >= 15 is 0 Å². The zero-order valence-corrected chi connectivity index (χ0v) is 17.8. The van der Waals surface area contributed by atoms with Crippen LogP contribution >= 0.6 is 0 Å². The molecule has 0 saturated heterocycles. The van der Waals surface area contributed by atoms with Crippen molar-refractivity contribution in [2.75, 3.05) is 0 Å². The fourth-order valence-corrected chi connectivity index (χ4v) is 3.59. The second-order valence-electron chi connectivity index (χ2n) is 7.80. The van der Waals surface area contributed by atoms with Gasteiger partial charge in [0.15, 0.2) is 11.6 Å². The Morgan fingerprint density at radius 1 is 0.688 bits per heavy atom. The second-order valence-corrected chi connectivity index (χ2v) is 7.80. The third-order valence-electron chi connectivity index (χ3n) is 5.35. The summed E-state index contributed by atoms with van der Waals surface area (Å²) in [6.45, 7) is 2.14. The van der Waals surface area contributed by atoms with Crippen molar-refractivity contribution in [2.24, 2.45) is 0 Å². The molecule has 1 nitrogen and oxygen atoms in total. The summed E-state index contributed by atoms with van der Waals surface area (Å²) in [5, 5.41) is 1.13. The number of hydrogen-bond acceptors (Lipinski definition) is 1. The summed E-state index contributed by atoms with van der Waals surface area (Å²) in [7, 11) is 0. The van der Waals surface area contributed by atoms with E-state index in [9.17, 15) is 13.2 Å². The van der Waals surface area contributed by atoms with E-state index in [2.05, 4.69) is 29.8 Å². The molecule has 4 rings (SSSR count). The Kier molecular flexibility index (Phi) is 6.56. The normalized spacial score (nSPS) is 10.8. The molecule has 4 aromatic rings. The van der Waals surface area contributed by atoms with Gasteiger partial charge >= 0.3 is 0 Å². The van der Waals surface area contributed by atoms with Crippen LogP contribution in [0.3, 0.4) is 0 Å². The summed E-state index contributed by atoms with van der Waals surface area (Å²) in [5.74, 6) is 3.57. The molecule has 1 heterocycles. The zero-order chi connectivity index (χ0) is 22.5. The van der Waals surface area contributed by atoms with Gasteiger partial charge in [-0.2, -0.15) is 0 Å². The van der Waals surface area contributed by atoms with Crippen LogP contribution in [0, 0.1) is 29.3 Å². The van der Waals surface area contributed by atoms with Gasteiger partial charge in [0, 0.05) is 17.5 Å². The lowest BCUT2D eigenvalue weighted by atomic mass is 10.0. The number of rotatable bonds is 5. The molecule has 0 spiro atoms. The smallest absolute Gasteiger partial charge is 0.159 e. The molecule has 0 atom stereocenters. The number of fused-ring (bicyclic) bond motifs is 1. The van der Waals surface area contributed by atoms with E-state index < -0.39 is 11.6 Å². The molecule has 160 valence electrons. The number of aromatic nitrogens is 1. The Hall–Kier alpha value is -3.58. The molecular formula is C28H22F3N. The van der Waals surface area contributed by atoms with E-state index in [1.54, 1.807) is 24.3 Å². The molecule has 3 aromatic carbocycles. The lowest BCUT2D eigenvalue weighted by Crippen LogP contribution is -1.97. The van der Waals surface area contributed by atoms with Crippen LogP contribution < -0.4 is 0 Å². The van der Waals surface area contributed by atoms with E-state index in [4.69, 9.17) is 0 Å². The highest BCUT2D eigenvalue weighted by atomic mass is 19.2. The molecule has 0 saturated carbocycles. The fourth-order valence-electron chi connectivity index (χ4n) is 3.59. The van der Waals surface area contributed by atoms with Gasteiger partial charge in [-0.15, -0.1) is 0 Å². The van der Waals surface area contributed by atoms with Crippen molar-refractivity contribution >= 4 is 10.8 Å². The monoisotopic (exact) mass is 429 g/mol. The summed E-state index contributed by atoms with van der Waals surface area (Å²) in [6, 6.07) is 16.5. The number of aryl methyl sites for hydroxylation is 3. The minimum atomic E-state index is -0.906. The minimum Gasteiger partial charge on any atom is -0.261 e. The van der Waals surface area contributed by atoms with Gasteiger partial charge in [0.05, 0.1) is 5.56 Å². The van der Waals surface area contributed by atoms with Gasteiger partial charge in [-0.3, -0.25) is 4.98 Å². The molecule has 0 radical (unpaired) electrons. The maximum atomic E-state index is 14.6. The summed E-state index contributed by atoms with van der Waals surface area (Å²) in [4.78, 5) is 4.49. The number of benzene rings is 3. The Bertz CT molecular complexity index is 1310. The fraction of sp³-hybridized carbons (Fsp3) is 0.179. The zero-order valence-electron chi connectivity index (χ0n) is 17.8. The third kappa shape index (κ3) is 5.18. The SMILES string of the molecule is CCCc1ccc(CCc2ccc(C#Cc3ccc4cc(F)c(F)cc4c3)c(F)c2)nc1. The first-order valence-electron chi connectivity index (χ1n) is 10.6. The molecule has 0 bridgehead atoms. The van der Waals surface area contributed by atoms with E-state index in [0.717, 1.165) is 42.7 Å². The Morgan fingerprint density at radius 2 is 1.47 bits per heavy atom. The lowest BCUT2D eigenvalue weighted by molar-refractivity contribution is 0.511. The van der Waals surface area contributed by atoms with Gasteiger partial charge in [0.25, 0.3) is 0 Å². The van der Waals surface area contributed by atoms with Gasteiger partial charge in [0.2, 0.25) is 0 Å². The maximum Gasteiger partial charge on any atom is 0.159 e. The minimum absolute atomic E-state index is 0.293. The largest absolute Gasteiger partial charge is 0.261 e. The summed E-state index contributed by atoms with van der Waals surface area (Å²) in [6.07, 6.45) is 5.46. The molecule has 0 aliphatic rings. The summed E-state index contributed by atoms with van der Waals surface area (Å²) < 4.78 is 41.4. The van der Waals surface area contributed by atoms with Crippen LogP contribution in [-0.2, 0) is 19.3 Å². The van der Waals surface area contributed by atoms with E-state index in [1.807, 2.05) is 18.3 Å². The van der Waals surface area contributed by atoms with Gasteiger partial charge in [0.1, 0.15) is 5.82 Å². The van der Waals surface area contributed by atoms with Crippen LogP contribution in [-0.4, -0.2) is 4.98 Å². The molecule has 0 aliphatic carbocycles. The quantitative estimate of drug-likeness (QED) is 0.318. The molecule has 0 unspecified atom stereocenters. The Morgan fingerprint density at radius 3 is 2.19 bits per heavy atom. The number of nitrogens with zero attached hydrogens (tertiary/aromatic N) is 1.